The van der Waals surface area contributed by atoms with E-state index in [2.05, 4.69) is 15.2 Å². The molecule has 2 rings (SSSR count). The minimum Gasteiger partial charge on any atom is -0.480 e. The summed E-state index contributed by atoms with van der Waals surface area (Å²) in [5.74, 6) is -1.02. The molecule has 78 valence electrons. The smallest absolute Gasteiger partial charge is 0.320 e. The molecule has 0 aliphatic rings. The molecule has 0 aliphatic carbocycles. The van der Waals surface area contributed by atoms with Crippen LogP contribution in [-0.4, -0.2) is 32.3 Å². The monoisotopic (exact) mass is 206 g/mol. The Morgan fingerprint density at radius 1 is 1.67 bits per heavy atom. The molecular weight excluding hydrogens is 196 g/mol. The number of H-pyrrole nitrogens is 1. The normalized spacial score (nSPS) is 12.9. The van der Waals surface area contributed by atoms with Crippen molar-refractivity contribution in [2.24, 2.45) is 5.73 Å². The van der Waals surface area contributed by atoms with Gasteiger partial charge < -0.3 is 10.8 Å². The van der Waals surface area contributed by atoms with Gasteiger partial charge in [0.05, 0.1) is 6.20 Å². The van der Waals surface area contributed by atoms with Crippen LogP contribution < -0.4 is 5.73 Å². The lowest BCUT2D eigenvalue weighted by Gasteiger charge is -2.03. The van der Waals surface area contributed by atoms with Crippen LogP contribution in [0.2, 0.25) is 0 Å². The summed E-state index contributed by atoms with van der Waals surface area (Å²) in [5.41, 5.74) is 6.87. The molecule has 0 aliphatic heterocycles. The number of nitrogens with zero attached hydrogens (tertiary/aromatic N) is 2. The van der Waals surface area contributed by atoms with E-state index in [-0.39, 0.29) is 6.42 Å². The van der Waals surface area contributed by atoms with E-state index in [1.807, 2.05) is 0 Å². The van der Waals surface area contributed by atoms with Gasteiger partial charge >= 0.3 is 5.97 Å². The number of pyridine rings is 1. The fourth-order valence-corrected chi connectivity index (χ4v) is 1.38. The van der Waals surface area contributed by atoms with Gasteiger partial charge in [-0.2, -0.15) is 5.10 Å². The zero-order chi connectivity index (χ0) is 10.8. The van der Waals surface area contributed by atoms with E-state index in [1.54, 1.807) is 18.5 Å². The van der Waals surface area contributed by atoms with Crippen LogP contribution in [0.1, 0.15) is 5.69 Å². The number of nitrogens with two attached hydrogens (primary N) is 1. The number of nitrogens with one attached hydrogen (secondary N) is 1. The van der Waals surface area contributed by atoms with E-state index in [4.69, 9.17) is 10.8 Å². The van der Waals surface area contributed by atoms with E-state index in [0.29, 0.717) is 5.52 Å². The highest BCUT2D eigenvalue weighted by atomic mass is 16.4. The number of hydrogen-bond donors (Lipinski definition) is 3. The Hall–Kier alpha value is -1.95. The van der Waals surface area contributed by atoms with Gasteiger partial charge in [0.25, 0.3) is 0 Å². The van der Waals surface area contributed by atoms with Gasteiger partial charge in [-0.25, -0.2) is 0 Å². The van der Waals surface area contributed by atoms with Gasteiger partial charge in [-0.3, -0.25) is 14.9 Å². The summed E-state index contributed by atoms with van der Waals surface area (Å²) in [6.07, 6.45) is 3.48. The number of carboxylic acids is 1. The van der Waals surface area contributed by atoms with Crippen LogP contribution in [0.15, 0.2) is 18.5 Å². The van der Waals surface area contributed by atoms with Gasteiger partial charge in [0.2, 0.25) is 0 Å². The van der Waals surface area contributed by atoms with Gasteiger partial charge in [0.15, 0.2) is 0 Å². The molecular formula is C9H10N4O2. The Morgan fingerprint density at radius 2 is 2.47 bits per heavy atom. The lowest BCUT2D eigenvalue weighted by molar-refractivity contribution is -0.138. The Kier molecular flexibility index (Phi) is 2.34. The quantitative estimate of drug-likeness (QED) is 0.651. The zero-order valence-corrected chi connectivity index (χ0v) is 7.84. The summed E-state index contributed by atoms with van der Waals surface area (Å²) in [6.45, 7) is 0. The molecule has 0 aromatic carbocycles. The fraction of sp³-hybridized carbons (Fsp3) is 0.222. The van der Waals surface area contributed by atoms with Crippen molar-refractivity contribution in [2.45, 2.75) is 12.5 Å². The van der Waals surface area contributed by atoms with Gasteiger partial charge in [-0.15, -0.1) is 0 Å². The van der Waals surface area contributed by atoms with Gasteiger partial charge in [0, 0.05) is 23.7 Å². The van der Waals surface area contributed by atoms with Crippen molar-refractivity contribution in [1.82, 2.24) is 15.2 Å². The van der Waals surface area contributed by atoms with E-state index < -0.39 is 12.0 Å². The van der Waals surface area contributed by atoms with Crippen molar-refractivity contribution in [3.05, 3.63) is 24.2 Å². The number of carboxylic acid groups (broad SMARTS) is 1. The first kappa shape index (κ1) is 9.60. The predicted molar refractivity (Wildman–Crippen MR) is 53.2 cm³/mol. The Labute approximate surface area is 85.1 Å². The molecule has 1 unspecified atom stereocenters. The first-order valence-electron chi connectivity index (χ1n) is 4.44. The Bertz CT molecular complexity index is 494. The van der Waals surface area contributed by atoms with E-state index in [1.165, 1.54) is 0 Å². The maximum absolute atomic E-state index is 10.6. The van der Waals surface area contributed by atoms with Crippen molar-refractivity contribution < 1.29 is 9.90 Å². The van der Waals surface area contributed by atoms with E-state index >= 15 is 0 Å². The van der Waals surface area contributed by atoms with Crippen LogP contribution in [0.25, 0.3) is 10.9 Å². The molecule has 6 nitrogen and oxygen atoms in total. The number of hydrogen-bond acceptors (Lipinski definition) is 4. The molecule has 0 radical (unpaired) electrons. The second-order valence-electron chi connectivity index (χ2n) is 3.24. The van der Waals surface area contributed by atoms with Gasteiger partial charge in [0.1, 0.15) is 11.6 Å². The summed E-state index contributed by atoms with van der Waals surface area (Å²) in [7, 11) is 0. The average molecular weight is 206 g/mol. The summed E-state index contributed by atoms with van der Waals surface area (Å²) in [6, 6.07) is 0.866. The first-order chi connectivity index (χ1) is 7.18. The molecule has 2 aromatic heterocycles. The molecule has 0 saturated carbocycles. The zero-order valence-electron chi connectivity index (χ0n) is 7.84. The highest BCUT2D eigenvalue weighted by Gasteiger charge is 2.15. The SMILES string of the molecule is NC(Cc1[nH]nc2cnccc12)C(=O)O. The number of fused-ring (bicyclic) bond motifs is 1. The Morgan fingerprint density at radius 3 is 3.20 bits per heavy atom. The van der Waals surface area contributed by atoms with Crippen LogP contribution in [0.5, 0.6) is 0 Å². The molecule has 0 amide bonds. The minimum absolute atomic E-state index is 0.232. The Balaban J connectivity index is 2.32. The third kappa shape index (κ3) is 1.79. The summed E-state index contributed by atoms with van der Waals surface area (Å²) in [5, 5.41) is 16.3. The second kappa shape index (κ2) is 3.66. The predicted octanol–water partition coefficient (Wildman–Crippen LogP) is -0.0877. The lowest BCUT2D eigenvalue weighted by Crippen LogP contribution is -2.32. The van der Waals surface area contributed by atoms with Crippen molar-refractivity contribution in [3.8, 4) is 0 Å². The number of aliphatic carboxylic acids is 1. The largest absolute Gasteiger partial charge is 0.480 e. The van der Waals surface area contributed by atoms with Gasteiger partial charge in [-0.1, -0.05) is 0 Å². The molecule has 6 heteroatoms. The number of aromatic nitrogens is 3. The molecule has 0 spiro atoms. The molecule has 0 fully saturated rings. The summed E-state index contributed by atoms with van der Waals surface area (Å²) >= 11 is 0. The van der Waals surface area contributed by atoms with E-state index in [0.717, 1.165) is 11.1 Å². The van der Waals surface area contributed by atoms with Crippen LogP contribution >= 0.6 is 0 Å². The van der Waals surface area contributed by atoms with Crippen molar-refractivity contribution in [1.29, 1.82) is 0 Å². The van der Waals surface area contributed by atoms with Crippen molar-refractivity contribution in [3.63, 3.8) is 0 Å². The molecule has 0 saturated heterocycles. The van der Waals surface area contributed by atoms with Gasteiger partial charge in [-0.05, 0) is 6.07 Å². The molecule has 2 heterocycles. The lowest BCUT2D eigenvalue weighted by atomic mass is 10.1. The number of aromatic amines is 1. The molecule has 0 bridgehead atoms. The summed E-state index contributed by atoms with van der Waals surface area (Å²) in [4.78, 5) is 14.5. The summed E-state index contributed by atoms with van der Waals surface area (Å²) < 4.78 is 0. The molecule has 4 N–H and O–H groups in total. The highest BCUT2D eigenvalue weighted by Crippen LogP contribution is 2.14. The standard InChI is InChI=1S/C9H10N4O2/c10-6(9(14)15)3-7-5-1-2-11-4-8(5)13-12-7/h1-2,4,6H,3,10H2,(H,12,13)(H,14,15). The topological polar surface area (TPSA) is 105 Å². The third-order valence-electron chi connectivity index (χ3n) is 2.18. The molecule has 1 atom stereocenters. The minimum atomic E-state index is -1.02. The first-order valence-corrected chi connectivity index (χ1v) is 4.44. The van der Waals surface area contributed by atoms with Crippen molar-refractivity contribution in [2.75, 3.05) is 0 Å². The average Bonchev–Trinajstić information content (AvgIpc) is 2.62. The van der Waals surface area contributed by atoms with Crippen LogP contribution in [-0.2, 0) is 11.2 Å². The maximum atomic E-state index is 10.6. The number of rotatable bonds is 3. The maximum Gasteiger partial charge on any atom is 0.320 e. The van der Waals surface area contributed by atoms with E-state index in [9.17, 15) is 4.79 Å². The van der Waals surface area contributed by atoms with Crippen LogP contribution in [0, 0.1) is 0 Å². The fourth-order valence-electron chi connectivity index (χ4n) is 1.38. The van der Waals surface area contributed by atoms with Crippen LogP contribution in [0.3, 0.4) is 0 Å². The van der Waals surface area contributed by atoms with Crippen molar-refractivity contribution >= 4 is 16.9 Å². The third-order valence-corrected chi connectivity index (χ3v) is 2.18. The highest BCUT2D eigenvalue weighted by molar-refractivity contribution is 5.81. The second-order valence-corrected chi connectivity index (χ2v) is 3.24. The molecule has 2 aromatic rings. The molecule has 15 heavy (non-hydrogen) atoms. The number of carbonyl (C=O) groups is 1. The van der Waals surface area contributed by atoms with Crippen LogP contribution in [0.4, 0.5) is 0 Å².